The zero-order chi connectivity index (χ0) is 22.1. The highest BCUT2D eigenvalue weighted by molar-refractivity contribution is 6.24. The first-order valence-corrected chi connectivity index (χ1v) is 10.3. The fourth-order valence-electron chi connectivity index (χ4n) is 4.96. The number of imide groups is 1. The summed E-state index contributed by atoms with van der Waals surface area (Å²) in [7, 11) is 0. The molecule has 7 heteroatoms. The van der Waals surface area contributed by atoms with Crippen LogP contribution in [0.25, 0.3) is 0 Å². The van der Waals surface area contributed by atoms with Crippen LogP contribution in [0.4, 0.5) is 10.1 Å². The van der Waals surface area contributed by atoms with Gasteiger partial charge in [-0.05, 0) is 35.4 Å². The van der Waals surface area contributed by atoms with Crippen molar-refractivity contribution in [3.63, 3.8) is 0 Å². The summed E-state index contributed by atoms with van der Waals surface area (Å²) in [6.45, 7) is 5.41. The minimum absolute atomic E-state index is 0.136. The topological polar surface area (TPSA) is 70.0 Å². The maximum absolute atomic E-state index is 13.6. The van der Waals surface area contributed by atoms with Crippen LogP contribution in [-0.4, -0.2) is 34.9 Å². The van der Waals surface area contributed by atoms with E-state index < -0.39 is 41.1 Å². The Morgan fingerprint density at radius 2 is 1.61 bits per heavy atom. The molecule has 3 aliphatic heterocycles. The highest BCUT2D eigenvalue weighted by atomic mass is 19.1. The van der Waals surface area contributed by atoms with E-state index in [1.54, 1.807) is 32.0 Å². The zero-order valence-corrected chi connectivity index (χ0v) is 17.4. The molecule has 2 saturated heterocycles. The van der Waals surface area contributed by atoms with Crippen molar-refractivity contribution >= 4 is 29.5 Å². The normalized spacial score (nSPS) is 26.7. The molecule has 6 nitrogen and oxygen atoms in total. The molecule has 4 atom stereocenters. The molecule has 0 aromatic heterocycles. The van der Waals surface area contributed by atoms with Crippen molar-refractivity contribution in [2.75, 3.05) is 4.90 Å². The number of hydrazone groups is 1. The van der Waals surface area contributed by atoms with Crippen LogP contribution in [0, 0.1) is 23.1 Å². The van der Waals surface area contributed by atoms with E-state index >= 15 is 0 Å². The minimum Gasteiger partial charge on any atom is -0.297 e. The lowest BCUT2D eigenvalue weighted by Crippen LogP contribution is -2.48. The summed E-state index contributed by atoms with van der Waals surface area (Å²) in [6, 6.07) is 11.5. The van der Waals surface area contributed by atoms with Gasteiger partial charge in [0.05, 0.1) is 29.8 Å². The molecule has 158 valence electrons. The van der Waals surface area contributed by atoms with Crippen molar-refractivity contribution in [3.8, 4) is 0 Å². The number of hydrogen-bond acceptors (Lipinski definition) is 5. The molecule has 3 aliphatic rings. The summed E-state index contributed by atoms with van der Waals surface area (Å²) in [5.41, 5.74) is 1.33. The largest absolute Gasteiger partial charge is 0.297 e. The number of Topliss-reactive ketones (excluding diaryl/α,β-unsaturated/α-hetero) is 1. The molecule has 2 aromatic rings. The van der Waals surface area contributed by atoms with Gasteiger partial charge >= 0.3 is 0 Å². The molecule has 0 spiro atoms. The van der Waals surface area contributed by atoms with Crippen LogP contribution in [-0.2, 0) is 14.4 Å². The molecular weight excluding hydrogens is 397 g/mol. The Kier molecular flexibility index (Phi) is 4.16. The number of fused-ring (bicyclic) bond motifs is 5. The maximum atomic E-state index is 13.6. The summed E-state index contributed by atoms with van der Waals surface area (Å²) in [6.07, 6.45) is 1.68. The highest BCUT2D eigenvalue weighted by Crippen LogP contribution is 2.53. The first-order chi connectivity index (χ1) is 14.7. The lowest BCUT2D eigenvalue weighted by Gasteiger charge is -2.35. The second kappa shape index (κ2) is 6.57. The van der Waals surface area contributed by atoms with Crippen LogP contribution in [0.3, 0.4) is 0 Å². The Labute approximate surface area is 179 Å². The quantitative estimate of drug-likeness (QED) is 0.701. The third-order valence-electron chi connectivity index (χ3n) is 6.39. The molecular formula is C24H22FN3O3. The number of benzene rings is 2. The fraction of sp³-hybridized carbons (Fsp3) is 0.333. The van der Waals surface area contributed by atoms with Gasteiger partial charge < -0.3 is 0 Å². The lowest BCUT2D eigenvalue weighted by atomic mass is 9.79. The van der Waals surface area contributed by atoms with Gasteiger partial charge in [-0.1, -0.05) is 45.0 Å². The van der Waals surface area contributed by atoms with E-state index in [4.69, 9.17) is 0 Å². The van der Waals surface area contributed by atoms with Crippen LogP contribution in [0.5, 0.6) is 0 Å². The predicted molar refractivity (Wildman–Crippen MR) is 113 cm³/mol. The number of carbonyl (C=O) groups excluding carboxylic acids is 3. The van der Waals surface area contributed by atoms with E-state index in [0.717, 1.165) is 16.0 Å². The molecule has 0 saturated carbocycles. The van der Waals surface area contributed by atoms with E-state index in [0.29, 0.717) is 5.69 Å². The van der Waals surface area contributed by atoms with Gasteiger partial charge in [-0.15, -0.1) is 0 Å². The molecule has 31 heavy (non-hydrogen) atoms. The van der Waals surface area contributed by atoms with Gasteiger partial charge in [0.15, 0.2) is 5.78 Å². The van der Waals surface area contributed by atoms with Gasteiger partial charge in [-0.3, -0.25) is 19.4 Å². The number of carbonyl (C=O) groups is 3. The molecule has 0 bridgehead atoms. The van der Waals surface area contributed by atoms with Crippen molar-refractivity contribution in [1.29, 1.82) is 0 Å². The summed E-state index contributed by atoms with van der Waals surface area (Å²) in [5.74, 6) is -3.00. The summed E-state index contributed by atoms with van der Waals surface area (Å²) in [4.78, 5) is 41.7. The standard InChI is InChI=1S/C24H22FN3O3/c1-24(2,3)21(29)20-18-17(19-16-7-5-4-6-13(16)12-26-28(19)20)22(30)27(23(18)31)15-10-8-14(25)9-11-15/h4-12,17-20H,1-3H3/t17-,18-,19+,20+/m1/s1. The smallest absolute Gasteiger partial charge is 0.240 e. The number of anilines is 1. The number of rotatable bonds is 2. The third-order valence-corrected chi connectivity index (χ3v) is 6.39. The summed E-state index contributed by atoms with van der Waals surface area (Å²) in [5, 5.41) is 6.18. The van der Waals surface area contributed by atoms with Gasteiger partial charge in [0, 0.05) is 5.41 Å². The van der Waals surface area contributed by atoms with Gasteiger partial charge in [0.2, 0.25) is 11.8 Å². The van der Waals surface area contributed by atoms with Gasteiger partial charge in [-0.25, -0.2) is 9.29 Å². The Bertz CT molecular complexity index is 1140. The molecule has 5 rings (SSSR count). The zero-order valence-electron chi connectivity index (χ0n) is 17.4. The van der Waals surface area contributed by atoms with Crippen LogP contribution in [0.2, 0.25) is 0 Å². The number of hydrogen-bond donors (Lipinski definition) is 0. The maximum Gasteiger partial charge on any atom is 0.240 e. The first kappa shape index (κ1) is 19.6. The lowest BCUT2D eigenvalue weighted by molar-refractivity contribution is -0.136. The van der Waals surface area contributed by atoms with Crippen molar-refractivity contribution in [2.24, 2.45) is 22.4 Å². The van der Waals surface area contributed by atoms with Crippen LogP contribution in [0.15, 0.2) is 53.6 Å². The second-order valence-electron chi connectivity index (χ2n) is 9.30. The third kappa shape index (κ3) is 2.76. The van der Waals surface area contributed by atoms with Crippen LogP contribution >= 0.6 is 0 Å². The Balaban J connectivity index is 1.66. The summed E-state index contributed by atoms with van der Waals surface area (Å²) < 4.78 is 13.4. The fourth-order valence-corrected chi connectivity index (χ4v) is 4.96. The number of amides is 2. The minimum atomic E-state index is -0.849. The number of nitrogens with zero attached hydrogens (tertiary/aromatic N) is 3. The first-order valence-electron chi connectivity index (χ1n) is 10.3. The molecule has 2 fully saturated rings. The second-order valence-corrected chi connectivity index (χ2v) is 9.30. The number of ketones is 1. The molecule has 3 heterocycles. The molecule has 0 radical (unpaired) electrons. The van der Waals surface area contributed by atoms with E-state index in [1.807, 2.05) is 24.3 Å². The summed E-state index contributed by atoms with van der Waals surface area (Å²) >= 11 is 0. The van der Waals surface area contributed by atoms with Crippen molar-refractivity contribution < 1.29 is 18.8 Å². The SMILES string of the molecule is CC(C)(C)C(=O)[C@@H]1[C@@H]2C(=O)N(c3ccc(F)cc3)C(=O)[C@H]2[C@@H]2c3ccccc3C=NN12. The Morgan fingerprint density at radius 1 is 0.968 bits per heavy atom. The Morgan fingerprint density at radius 3 is 2.29 bits per heavy atom. The van der Waals surface area contributed by atoms with E-state index in [9.17, 15) is 18.8 Å². The average Bonchev–Trinajstić information content (AvgIpc) is 3.20. The predicted octanol–water partition coefficient (Wildman–Crippen LogP) is 3.32. The Hall–Kier alpha value is -3.35. The molecule has 0 unspecified atom stereocenters. The van der Waals surface area contributed by atoms with Crippen LogP contribution in [0.1, 0.15) is 37.9 Å². The monoisotopic (exact) mass is 419 g/mol. The molecule has 2 amide bonds. The van der Waals surface area contributed by atoms with Gasteiger partial charge in [0.1, 0.15) is 11.9 Å². The van der Waals surface area contributed by atoms with Crippen LogP contribution < -0.4 is 4.90 Å². The molecule has 0 N–H and O–H groups in total. The molecule has 0 aliphatic carbocycles. The van der Waals surface area contributed by atoms with E-state index in [1.165, 1.54) is 24.3 Å². The van der Waals surface area contributed by atoms with Crippen molar-refractivity contribution in [3.05, 3.63) is 65.5 Å². The van der Waals surface area contributed by atoms with Gasteiger partial charge in [-0.2, -0.15) is 5.10 Å². The van der Waals surface area contributed by atoms with Crippen molar-refractivity contribution in [2.45, 2.75) is 32.9 Å². The highest BCUT2D eigenvalue weighted by Gasteiger charge is 2.66. The molecule has 2 aromatic carbocycles. The van der Waals surface area contributed by atoms with Gasteiger partial charge in [0.25, 0.3) is 0 Å². The van der Waals surface area contributed by atoms with E-state index in [-0.39, 0.29) is 11.7 Å². The van der Waals surface area contributed by atoms with Crippen molar-refractivity contribution in [1.82, 2.24) is 5.01 Å². The van der Waals surface area contributed by atoms with E-state index in [2.05, 4.69) is 5.10 Å². The average molecular weight is 419 g/mol. The number of halogens is 1.